The van der Waals surface area contributed by atoms with E-state index in [0.29, 0.717) is 20.3 Å². The van der Waals surface area contributed by atoms with E-state index in [2.05, 4.69) is 47.8 Å². The molecule has 2 rings (SSSR count). The van der Waals surface area contributed by atoms with E-state index in [1.807, 2.05) is 0 Å². The molecule has 2 nitrogen and oxygen atoms in total. The van der Waals surface area contributed by atoms with E-state index in [0.717, 1.165) is 0 Å². The molecule has 0 saturated carbocycles. The van der Waals surface area contributed by atoms with E-state index in [9.17, 15) is 8.78 Å². The van der Waals surface area contributed by atoms with E-state index in [1.54, 1.807) is 12.1 Å². The lowest BCUT2D eigenvalue weighted by Crippen LogP contribution is -2.03. The molecule has 7 heteroatoms. The van der Waals surface area contributed by atoms with Crippen LogP contribution in [0.5, 0.6) is 5.75 Å². The maximum Gasteiger partial charge on any atom is 0.148 e. The summed E-state index contributed by atoms with van der Waals surface area (Å²) >= 11 is 9.61. The first-order valence-corrected chi connectivity index (χ1v) is 8.16. The van der Waals surface area contributed by atoms with E-state index in [4.69, 9.17) is 9.84 Å². The van der Waals surface area contributed by atoms with Crippen molar-refractivity contribution < 1.29 is 18.6 Å². The normalized spacial score (nSPS) is 10.8. The van der Waals surface area contributed by atoms with Gasteiger partial charge in [-0.05, 0) is 77.6 Å². The fourth-order valence-corrected chi connectivity index (χ4v) is 3.57. The predicted octanol–water partition coefficient (Wildman–Crippen LogP) is 5.32. The Morgan fingerprint density at radius 1 is 1.00 bits per heavy atom. The van der Waals surface area contributed by atoms with Crippen molar-refractivity contribution in [3.8, 4) is 5.75 Å². The summed E-state index contributed by atoms with van der Waals surface area (Å²) in [7, 11) is 0. The summed E-state index contributed by atoms with van der Waals surface area (Å²) < 4.78 is 34.3. The van der Waals surface area contributed by atoms with Gasteiger partial charge in [-0.3, -0.25) is 0 Å². The fourth-order valence-electron chi connectivity index (χ4n) is 1.69. The van der Waals surface area contributed by atoms with Gasteiger partial charge < -0.3 is 9.84 Å². The van der Waals surface area contributed by atoms with Gasteiger partial charge in [0, 0.05) is 0 Å². The van der Waals surface area contributed by atoms with E-state index in [-0.39, 0.29) is 23.2 Å². The molecule has 2 aromatic carbocycles. The summed E-state index contributed by atoms with van der Waals surface area (Å²) in [5.41, 5.74) is 0.523. The molecule has 0 aliphatic heterocycles. The summed E-state index contributed by atoms with van der Waals surface area (Å²) in [4.78, 5) is 0. The largest absolute Gasteiger partial charge is 0.486 e. The molecule has 0 saturated heterocycles. The minimum absolute atomic E-state index is 0.119. The van der Waals surface area contributed by atoms with Crippen LogP contribution in [0.3, 0.4) is 0 Å². The number of hydrogen-bond acceptors (Lipinski definition) is 2. The number of aliphatic hydroxyl groups excluding tert-OH is 1. The van der Waals surface area contributed by atoms with Crippen LogP contribution in [0.15, 0.2) is 37.7 Å². The van der Waals surface area contributed by atoms with E-state index < -0.39 is 11.6 Å². The Balaban J connectivity index is 2.27. The van der Waals surface area contributed by atoms with Crippen molar-refractivity contribution in [1.82, 2.24) is 0 Å². The smallest absolute Gasteiger partial charge is 0.148 e. The molecule has 1 N–H and O–H groups in total. The number of hydrogen-bond donors (Lipinski definition) is 1. The van der Waals surface area contributed by atoms with Crippen LogP contribution in [0.4, 0.5) is 8.78 Å². The standard InChI is InChI=1S/C14H9Br3F2O2/c15-9-1-2-12(18)8(13(9)19)6-21-14-10(16)3-7(5-20)4-11(14)17/h1-4,20H,5-6H2. The fraction of sp³-hybridized carbons (Fsp3) is 0.143. The van der Waals surface area contributed by atoms with Crippen LogP contribution in [0.1, 0.15) is 11.1 Å². The second-order valence-corrected chi connectivity index (χ2v) is 6.72. The van der Waals surface area contributed by atoms with Crippen LogP contribution in [0.25, 0.3) is 0 Å². The molecule has 0 unspecified atom stereocenters. The Hall–Kier alpha value is -0.500. The first-order chi connectivity index (χ1) is 9.93. The molecule has 0 spiro atoms. The molecule has 2 aromatic rings. The van der Waals surface area contributed by atoms with Gasteiger partial charge in [-0.1, -0.05) is 0 Å². The minimum atomic E-state index is -0.686. The van der Waals surface area contributed by atoms with Crippen molar-refractivity contribution in [2.45, 2.75) is 13.2 Å². The number of ether oxygens (including phenoxy) is 1. The SMILES string of the molecule is OCc1cc(Br)c(OCc2c(F)ccc(Br)c2F)c(Br)c1. The van der Waals surface area contributed by atoms with Gasteiger partial charge in [0.2, 0.25) is 0 Å². The molecule has 0 radical (unpaired) electrons. The molecule has 112 valence electrons. The number of aliphatic hydroxyl groups is 1. The molecule has 0 fully saturated rings. The maximum atomic E-state index is 13.9. The maximum absolute atomic E-state index is 13.9. The molecular weight excluding hydrogens is 478 g/mol. The third-order valence-electron chi connectivity index (χ3n) is 2.74. The Bertz CT molecular complexity index is 655. The van der Waals surface area contributed by atoms with Crippen molar-refractivity contribution in [3.63, 3.8) is 0 Å². The lowest BCUT2D eigenvalue weighted by molar-refractivity contribution is 0.278. The summed E-state index contributed by atoms with van der Waals surface area (Å²) in [6, 6.07) is 5.82. The summed E-state index contributed by atoms with van der Waals surface area (Å²) in [5, 5.41) is 9.10. The minimum Gasteiger partial charge on any atom is -0.486 e. The van der Waals surface area contributed by atoms with Gasteiger partial charge in [0.25, 0.3) is 0 Å². The van der Waals surface area contributed by atoms with Gasteiger partial charge in [0.05, 0.1) is 25.6 Å². The summed E-state index contributed by atoms with van der Waals surface area (Å²) in [6.07, 6.45) is 0. The van der Waals surface area contributed by atoms with Crippen molar-refractivity contribution in [3.05, 3.63) is 60.4 Å². The summed E-state index contributed by atoms with van der Waals surface area (Å²) in [5.74, 6) is -0.949. The quantitative estimate of drug-likeness (QED) is 0.592. The average molecular weight is 487 g/mol. The highest BCUT2D eigenvalue weighted by molar-refractivity contribution is 9.11. The number of halogens is 5. The second kappa shape index (κ2) is 7.17. The molecule has 0 atom stereocenters. The highest BCUT2D eigenvalue weighted by Crippen LogP contribution is 2.36. The lowest BCUT2D eigenvalue weighted by Gasteiger charge is -2.13. The Morgan fingerprint density at radius 3 is 2.19 bits per heavy atom. The lowest BCUT2D eigenvalue weighted by atomic mass is 10.2. The third kappa shape index (κ3) is 3.83. The highest BCUT2D eigenvalue weighted by atomic mass is 79.9. The summed E-state index contributed by atoms with van der Waals surface area (Å²) in [6.45, 7) is -0.376. The molecule has 0 bridgehead atoms. The van der Waals surface area contributed by atoms with Crippen LogP contribution < -0.4 is 4.74 Å². The molecule has 21 heavy (non-hydrogen) atoms. The average Bonchev–Trinajstić information content (AvgIpc) is 2.45. The molecular formula is C14H9Br3F2O2. The van der Waals surface area contributed by atoms with Crippen molar-refractivity contribution in [1.29, 1.82) is 0 Å². The number of rotatable bonds is 4. The predicted molar refractivity (Wildman–Crippen MR) is 86.2 cm³/mol. The van der Waals surface area contributed by atoms with Crippen LogP contribution in [-0.2, 0) is 13.2 Å². The monoisotopic (exact) mass is 484 g/mol. The second-order valence-electron chi connectivity index (χ2n) is 4.16. The Labute approximate surface area is 145 Å². The molecule has 0 aliphatic carbocycles. The van der Waals surface area contributed by atoms with Gasteiger partial charge >= 0.3 is 0 Å². The van der Waals surface area contributed by atoms with Crippen molar-refractivity contribution >= 4 is 47.8 Å². The Kier molecular flexibility index (Phi) is 5.76. The topological polar surface area (TPSA) is 29.5 Å². The molecule has 0 amide bonds. The zero-order valence-corrected chi connectivity index (χ0v) is 15.2. The van der Waals surface area contributed by atoms with Crippen LogP contribution in [0, 0.1) is 11.6 Å². The highest BCUT2D eigenvalue weighted by Gasteiger charge is 2.15. The third-order valence-corrected chi connectivity index (χ3v) is 4.53. The first kappa shape index (κ1) is 16.9. The first-order valence-electron chi connectivity index (χ1n) is 5.78. The Morgan fingerprint density at radius 2 is 1.62 bits per heavy atom. The molecule has 0 aromatic heterocycles. The van der Waals surface area contributed by atoms with Gasteiger partial charge in [-0.25, -0.2) is 8.78 Å². The van der Waals surface area contributed by atoms with Crippen LogP contribution in [-0.4, -0.2) is 5.11 Å². The van der Waals surface area contributed by atoms with Crippen molar-refractivity contribution in [2.24, 2.45) is 0 Å². The van der Waals surface area contributed by atoms with Crippen LogP contribution in [0.2, 0.25) is 0 Å². The van der Waals surface area contributed by atoms with Gasteiger partial charge in [-0.2, -0.15) is 0 Å². The zero-order valence-electron chi connectivity index (χ0n) is 10.5. The molecule has 0 aliphatic rings. The zero-order chi connectivity index (χ0) is 15.6. The number of benzene rings is 2. The van der Waals surface area contributed by atoms with Crippen LogP contribution >= 0.6 is 47.8 Å². The van der Waals surface area contributed by atoms with Gasteiger partial charge in [0.1, 0.15) is 24.0 Å². The van der Waals surface area contributed by atoms with Crippen molar-refractivity contribution in [2.75, 3.05) is 0 Å². The van der Waals surface area contributed by atoms with E-state index >= 15 is 0 Å². The van der Waals surface area contributed by atoms with E-state index in [1.165, 1.54) is 12.1 Å². The van der Waals surface area contributed by atoms with Gasteiger partial charge in [0.15, 0.2) is 0 Å². The van der Waals surface area contributed by atoms with Gasteiger partial charge in [-0.15, -0.1) is 0 Å². The molecule has 0 heterocycles.